The second kappa shape index (κ2) is 5.74. The molecule has 1 saturated heterocycles. The molecular formula is C14H19NO3S. The molecular weight excluding hydrogens is 262 g/mol. The molecule has 1 N–H and O–H groups in total. The van der Waals surface area contributed by atoms with Gasteiger partial charge in [0, 0.05) is 12.1 Å². The topological polar surface area (TPSA) is 63.2 Å². The molecule has 0 aromatic heterocycles. The summed E-state index contributed by atoms with van der Waals surface area (Å²) in [6, 6.07) is 7.65. The van der Waals surface area contributed by atoms with Crippen molar-refractivity contribution in [1.82, 2.24) is 0 Å². The quantitative estimate of drug-likeness (QED) is 0.923. The molecule has 5 heteroatoms. The first-order valence-electron chi connectivity index (χ1n) is 6.51. The Hall–Kier alpha value is -1.36. The Morgan fingerprint density at radius 3 is 2.63 bits per heavy atom. The smallest absolute Gasteiger partial charge is 0.224 e. The molecule has 0 atom stereocenters. The van der Waals surface area contributed by atoms with Gasteiger partial charge in [-0.3, -0.25) is 4.79 Å². The van der Waals surface area contributed by atoms with E-state index in [4.69, 9.17) is 0 Å². The molecule has 4 nitrogen and oxygen atoms in total. The average molecular weight is 281 g/mol. The fraction of sp³-hybridized carbons (Fsp3) is 0.500. The van der Waals surface area contributed by atoms with Gasteiger partial charge in [0.2, 0.25) is 5.91 Å². The lowest BCUT2D eigenvalue weighted by molar-refractivity contribution is -0.117. The molecule has 0 saturated carbocycles. The van der Waals surface area contributed by atoms with Crippen LogP contribution in [0.3, 0.4) is 0 Å². The number of amides is 1. The monoisotopic (exact) mass is 281 g/mol. The van der Waals surface area contributed by atoms with Crippen molar-refractivity contribution in [3.8, 4) is 0 Å². The maximum Gasteiger partial charge on any atom is 0.224 e. The molecule has 0 bridgehead atoms. The highest BCUT2D eigenvalue weighted by atomic mass is 32.2. The number of sulfone groups is 1. The van der Waals surface area contributed by atoms with Crippen LogP contribution in [0.15, 0.2) is 24.3 Å². The van der Waals surface area contributed by atoms with Crippen LogP contribution in [0.5, 0.6) is 0 Å². The zero-order valence-electron chi connectivity index (χ0n) is 11.1. The summed E-state index contributed by atoms with van der Waals surface area (Å²) in [6.07, 6.45) is 1.61. The summed E-state index contributed by atoms with van der Waals surface area (Å²) in [6.45, 7) is 1.97. The lowest BCUT2D eigenvalue weighted by Crippen LogP contribution is -2.26. The standard InChI is InChI=1S/C14H19NO3S/c1-11-3-2-4-13(9-11)15-14(16)10-12-5-7-19(17,18)8-6-12/h2-4,9,12H,5-8,10H2,1H3,(H,15,16). The van der Waals surface area contributed by atoms with Gasteiger partial charge in [-0.2, -0.15) is 0 Å². The van der Waals surface area contributed by atoms with Crippen LogP contribution in [-0.4, -0.2) is 25.8 Å². The van der Waals surface area contributed by atoms with E-state index >= 15 is 0 Å². The van der Waals surface area contributed by atoms with Crippen LogP contribution < -0.4 is 5.32 Å². The summed E-state index contributed by atoms with van der Waals surface area (Å²) >= 11 is 0. The summed E-state index contributed by atoms with van der Waals surface area (Å²) in [5.74, 6) is 0.591. The maximum atomic E-state index is 11.9. The maximum absolute atomic E-state index is 11.9. The number of hydrogen-bond donors (Lipinski definition) is 1. The zero-order valence-corrected chi connectivity index (χ0v) is 11.9. The number of carbonyl (C=O) groups is 1. The Balaban J connectivity index is 1.85. The molecule has 1 aliphatic heterocycles. The summed E-state index contributed by atoms with van der Waals surface area (Å²) in [5.41, 5.74) is 1.90. The predicted octanol–water partition coefficient (Wildman–Crippen LogP) is 2.15. The highest BCUT2D eigenvalue weighted by Gasteiger charge is 2.25. The Kier molecular flexibility index (Phi) is 4.24. The Morgan fingerprint density at radius 2 is 2.00 bits per heavy atom. The van der Waals surface area contributed by atoms with Gasteiger partial charge in [-0.1, -0.05) is 12.1 Å². The lowest BCUT2D eigenvalue weighted by Gasteiger charge is -2.21. The van der Waals surface area contributed by atoms with E-state index in [0.29, 0.717) is 19.3 Å². The van der Waals surface area contributed by atoms with E-state index < -0.39 is 9.84 Å². The molecule has 104 valence electrons. The third-order valence-electron chi connectivity index (χ3n) is 3.45. The first-order chi connectivity index (χ1) is 8.94. The van der Waals surface area contributed by atoms with E-state index in [2.05, 4.69) is 5.32 Å². The van der Waals surface area contributed by atoms with Crippen LogP contribution in [0, 0.1) is 12.8 Å². The van der Waals surface area contributed by atoms with Gasteiger partial charge in [0.25, 0.3) is 0 Å². The van der Waals surface area contributed by atoms with Crippen LogP contribution in [0.2, 0.25) is 0 Å². The van der Waals surface area contributed by atoms with Crippen LogP contribution in [0.4, 0.5) is 5.69 Å². The minimum absolute atomic E-state index is 0.0325. The predicted molar refractivity (Wildman–Crippen MR) is 75.8 cm³/mol. The van der Waals surface area contributed by atoms with Gasteiger partial charge < -0.3 is 5.32 Å². The third-order valence-corrected chi connectivity index (χ3v) is 5.17. The van der Waals surface area contributed by atoms with Gasteiger partial charge in [0.05, 0.1) is 11.5 Å². The van der Waals surface area contributed by atoms with Gasteiger partial charge in [-0.25, -0.2) is 8.42 Å². The van der Waals surface area contributed by atoms with E-state index in [9.17, 15) is 13.2 Å². The number of aryl methyl sites for hydroxylation is 1. The van der Waals surface area contributed by atoms with Gasteiger partial charge in [0.1, 0.15) is 9.84 Å². The molecule has 2 rings (SSSR count). The molecule has 1 aromatic rings. The average Bonchev–Trinajstić information content (AvgIpc) is 2.32. The van der Waals surface area contributed by atoms with Crippen molar-refractivity contribution in [2.24, 2.45) is 5.92 Å². The zero-order chi connectivity index (χ0) is 13.9. The minimum Gasteiger partial charge on any atom is -0.326 e. The third kappa shape index (κ3) is 4.35. The van der Waals surface area contributed by atoms with Crippen LogP contribution >= 0.6 is 0 Å². The first kappa shape index (κ1) is 14.1. The summed E-state index contributed by atoms with van der Waals surface area (Å²) in [4.78, 5) is 11.9. The van der Waals surface area contributed by atoms with E-state index in [1.54, 1.807) is 0 Å². The fourth-order valence-electron chi connectivity index (χ4n) is 2.34. The van der Waals surface area contributed by atoms with Crippen molar-refractivity contribution in [2.75, 3.05) is 16.8 Å². The molecule has 1 heterocycles. The first-order valence-corrected chi connectivity index (χ1v) is 8.34. The van der Waals surface area contributed by atoms with Crippen molar-refractivity contribution in [3.63, 3.8) is 0 Å². The van der Waals surface area contributed by atoms with E-state index in [1.165, 1.54) is 0 Å². The van der Waals surface area contributed by atoms with Crippen molar-refractivity contribution >= 4 is 21.4 Å². The second-order valence-electron chi connectivity index (χ2n) is 5.22. The Labute approximate surface area is 114 Å². The SMILES string of the molecule is Cc1cccc(NC(=O)CC2CCS(=O)(=O)CC2)c1. The van der Waals surface area contributed by atoms with Crippen LogP contribution in [0.1, 0.15) is 24.8 Å². The van der Waals surface area contributed by atoms with Gasteiger partial charge in [-0.15, -0.1) is 0 Å². The molecule has 0 aliphatic carbocycles. The molecule has 1 aromatic carbocycles. The van der Waals surface area contributed by atoms with Gasteiger partial charge in [0.15, 0.2) is 0 Å². The van der Waals surface area contributed by atoms with Crippen LogP contribution in [0.25, 0.3) is 0 Å². The lowest BCUT2D eigenvalue weighted by atomic mass is 9.98. The highest BCUT2D eigenvalue weighted by molar-refractivity contribution is 7.91. The van der Waals surface area contributed by atoms with Crippen LogP contribution in [-0.2, 0) is 14.6 Å². The number of rotatable bonds is 3. The Morgan fingerprint density at radius 1 is 1.32 bits per heavy atom. The van der Waals surface area contributed by atoms with Crippen molar-refractivity contribution in [2.45, 2.75) is 26.2 Å². The molecule has 0 unspecified atom stereocenters. The number of benzene rings is 1. The highest BCUT2D eigenvalue weighted by Crippen LogP contribution is 2.22. The van der Waals surface area contributed by atoms with Gasteiger partial charge in [-0.05, 0) is 43.4 Å². The number of carbonyl (C=O) groups excluding carboxylic acids is 1. The van der Waals surface area contributed by atoms with E-state index in [-0.39, 0.29) is 23.3 Å². The number of hydrogen-bond acceptors (Lipinski definition) is 3. The normalized spacial score (nSPS) is 19.0. The van der Waals surface area contributed by atoms with Crippen molar-refractivity contribution in [1.29, 1.82) is 0 Å². The van der Waals surface area contributed by atoms with E-state index in [0.717, 1.165) is 11.3 Å². The minimum atomic E-state index is -2.85. The van der Waals surface area contributed by atoms with Crippen molar-refractivity contribution in [3.05, 3.63) is 29.8 Å². The molecule has 19 heavy (non-hydrogen) atoms. The van der Waals surface area contributed by atoms with Gasteiger partial charge >= 0.3 is 0 Å². The second-order valence-corrected chi connectivity index (χ2v) is 7.52. The number of anilines is 1. The molecule has 0 spiro atoms. The van der Waals surface area contributed by atoms with Crippen molar-refractivity contribution < 1.29 is 13.2 Å². The fourth-order valence-corrected chi connectivity index (χ4v) is 3.93. The number of nitrogens with one attached hydrogen (secondary N) is 1. The summed E-state index contributed by atoms with van der Waals surface area (Å²) < 4.78 is 22.6. The largest absolute Gasteiger partial charge is 0.326 e. The summed E-state index contributed by atoms with van der Waals surface area (Å²) in [5, 5.41) is 2.86. The summed E-state index contributed by atoms with van der Waals surface area (Å²) in [7, 11) is -2.85. The molecule has 0 radical (unpaired) electrons. The molecule has 1 amide bonds. The Bertz CT molecular complexity index is 552. The molecule has 1 fully saturated rings. The molecule has 1 aliphatic rings. The van der Waals surface area contributed by atoms with E-state index in [1.807, 2.05) is 31.2 Å².